The molecule has 3 aliphatic carbocycles. The van der Waals surface area contributed by atoms with Gasteiger partial charge in [0.25, 0.3) is 0 Å². The van der Waals surface area contributed by atoms with Gasteiger partial charge in [0.05, 0.1) is 11.1 Å². The second-order valence-electron chi connectivity index (χ2n) is 15.4. The Morgan fingerprint density at radius 2 is 0.907 bits per heavy atom. The first kappa shape index (κ1) is 31.6. The third-order valence-electron chi connectivity index (χ3n) is 12.4. The van der Waals surface area contributed by atoms with E-state index in [1.54, 1.807) is 0 Å². The minimum Gasteiger partial charge on any atom is -0.310 e. The molecule has 0 amide bonds. The minimum atomic E-state index is -0.442. The van der Waals surface area contributed by atoms with Gasteiger partial charge in [0.2, 0.25) is 0 Å². The molecule has 0 radical (unpaired) electrons. The maximum atomic E-state index is 3.99. The summed E-state index contributed by atoms with van der Waals surface area (Å²) in [6, 6.07) is 67.7. The molecule has 0 aromatic heterocycles. The first-order valence-corrected chi connectivity index (χ1v) is 19.6. The fourth-order valence-corrected chi connectivity index (χ4v) is 10.6. The van der Waals surface area contributed by atoms with Gasteiger partial charge in [-0.25, -0.2) is 0 Å². The fourth-order valence-electron chi connectivity index (χ4n) is 10.1. The van der Waals surface area contributed by atoms with Crippen LogP contribution < -0.4 is 4.90 Å². The van der Waals surface area contributed by atoms with Crippen LogP contribution in [0.3, 0.4) is 0 Å². The van der Waals surface area contributed by atoms with Crippen LogP contribution in [0.5, 0.6) is 0 Å². The Labute approximate surface area is 325 Å². The van der Waals surface area contributed by atoms with Crippen LogP contribution in [-0.2, 0) is 10.8 Å². The number of rotatable bonds is 4. The topological polar surface area (TPSA) is 3.24 Å². The molecule has 8 aromatic rings. The summed E-state index contributed by atoms with van der Waals surface area (Å²) in [5, 5.41) is 0. The molecular weight excluding hydrogens is 718 g/mol. The van der Waals surface area contributed by atoms with Gasteiger partial charge in [0.1, 0.15) is 0 Å². The average molecular weight is 755 g/mol. The van der Waals surface area contributed by atoms with Gasteiger partial charge < -0.3 is 4.90 Å². The van der Waals surface area contributed by atoms with Crippen molar-refractivity contribution >= 4 is 33.0 Å². The summed E-state index contributed by atoms with van der Waals surface area (Å²) in [6.07, 6.45) is 0. The molecule has 1 atom stereocenters. The van der Waals surface area contributed by atoms with Crippen molar-refractivity contribution in [1.82, 2.24) is 0 Å². The van der Waals surface area contributed by atoms with Crippen molar-refractivity contribution in [2.45, 2.75) is 24.7 Å². The summed E-state index contributed by atoms with van der Waals surface area (Å²) < 4.78 is 1.13. The Balaban J connectivity index is 1.19. The van der Waals surface area contributed by atoms with E-state index in [1.165, 1.54) is 83.6 Å². The van der Waals surface area contributed by atoms with E-state index in [1.807, 2.05) is 0 Å². The predicted molar refractivity (Wildman–Crippen MR) is 228 cm³/mol. The van der Waals surface area contributed by atoms with E-state index in [4.69, 9.17) is 0 Å². The lowest BCUT2D eigenvalue weighted by Gasteiger charge is -2.32. The molecule has 0 heterocycles. The van der Waals surface area contributed by atoms with Gasteiger partial charge in [-0.1, -0.05) is 175 Å². The average Bonchev–Trinajstić information content (AvgIpc) is 3.78. The molecule has 0 bridgehead atoms. The largest absolute Gasteiger partial charge is 0.310 e. The summed E-state index contributed by atoms with van der Waals surface area (Å²) in [5.74, 6) is 0. The highest BCUT2D eigenvalue weighted by molar-refractivity contribution is 9.10. The summed E-state index contributed by atoms with van der Waals surface area (Å²) in [7, 11) is 0. The second kappa shape index (κ2) is 11.5. The van der Waals surface area contributed by atoms with Gasteiger partial charge in [0, 0.05) is 32.4 Å². The van der Waals surface area contributed by atoms with E-state index in [0.717, 1.165) is 15.8 Å². The molecule has 1 nitrogen and oxygen atoms in total. The highest BCUT2D eigenvalue weighted by atomic mass is 79.9. The molecule has 0 fully saturated rings. The van der Waals surface area contributed by atoms with Gasteiger partial charge in [-0.2, -0.15) is 0 Å². The monoisotopic (exact) mass is 753 g/mol. The summed E-state index contributed by atoms with van der Waals surface area (Å²) in [6.45, 7) is 4.74. The molecule has 11 rings (SSSR count). The minimum absolute atomic E-state index is 0.120. The number of fused-ring (bicyclic) bond motifs is 13. The summed E-state index contributed by atoms with van der Waals surface area (Å²) in [5.41, 5.74) is 21.2. The van der Waals surface area contributed by atoms with E-state index in [2.05, 4.69) is 217 Å². The third kappa shape index (κ3) is 4.15. The zero-order valence-electron chi connectivity index (χ0n) is 30.1. The molecule has 1 spiro atoms. The fraction of sp³-hybridized carbons (Fsp3) is 0.0769. The van der Waals surface area contributed by atoms with Crippen molar-refractivity contribution in [3.8, 4) is 44.5 Å². The zero-order chi connectivity index (χ0) is 36.2. The van der Waals surface area contributed by atoms with E-state index in [-0.39, 0.29) is 5.41 Å². The Morgan fingerprint density at radius 1 is 0.389 bits per heavy atom. The molecule has 0 saturated heterocycles. The maximum Gasteiger partial charge on any atom is 0.0726 e. The number of halogens is 1. The first-order chi connectivity index (χ1) is 26.5. The van der Waals surface area contributed by atoms with Crippen LogP contribution in [0.15, 0.2) is 186 Å². The van der Waals surface area contributed by atoms with E-state index >= 15 is 0 Å². The Morgan fingerprint density at radius 3 is 1.63 bits per heavy atom. The Kier molecular flexibility index (Phi) is 6.73. The normalized spacial score (nSPS) is 16.3. The second-order valence-corrected chi connectivity index (χ2v) is 16.2. The highest BCUT2D eigenvalue weighted by Gasteiger charge is 2.53. The molecule has 2 heteroatoms. The summed E-state index contributed by atoms with van der Waals surface area (Å²) >= 11 is 3.99. The Hall–Kier alpha value is -5.96. The van der Waals surface area contributed by atoms with Crippen molar-refractivity contribution < 1.29 is 0 Å². The van der Waals surface area contributed by atoms with E-state index in [0.29, 0.717) is 0 Å². The number of hydrogen-bond acceptors (Lipinski definition) is 1. The Bertz CT molecular complexity index is 2810. The van der Waals surface area contributed by atoms with Crippen LogP contribution in [0, 0.1) is 0 Å². The molecule has 54 heavy (non-hydrogen) atoms. The van der Waals surface area contributed by atoms with Crippen LogP contribution in [0.1, 0.15) is 47.2 Å². The van der Waals surface area contributed by atoms with Gasteiger partial charge in [-0.15, -0.1) is 0 Å². The summed E-state index contributed by atoms with van der Waals surface area (Å²) in [4.78, 5) is 2.51. The SMILES string of the molecule is CC1(C)c2ccccc2-c2ccc(N(c3ccc(-c4ccccc4)cc3)c3cccc4c3-c3ccccc3C43c4ccccc4-c4c(Br)cccc43)cc21. The lowest BCUT2D eigenvalue weighted by Crippen LogP contribution is -2.26. The van der Waals surface area contributed by atoms with Crippen LogP contribution in [-0.4, -0.2) is 0 Å². The quantitative estimate of drug-likeness (QED) is 0.173. The number of hydrogen-bond donors (Lipinski definition) is 0. The van der Waals surface area contributed by atoms with Crippen molar-refractivity contribution in [3.05, 3.63) is 220 Å². The molecule has 0 aliphatic heterocycles. The first-order valence-electron chi connectivity index (χ1n) is 18.8. The molecule has 1 unspecified atom stereocenters. The van der Waals surface area contributed by atoms with Crippen molar-refractivity contribution in [2.75, 3.05) is 4.90 Å². The number of benzene rings is 8. The van der Waals surface area contributed by atoms with E-state index < -0.39 is 5.41 Å². The zero-order valence-corrected chi connectivity index (χ0v) is 31.7. The van der Waals surface area contributed by atoms with Gasteiger partial charge in [-0.05, 0) is 103 Å². The lowest BCUT2D eigenvalue weighted by molar-refractivity contribution is 0.660. The standard InChI is InChI=1S/C52H36BrN/c1-51(2)41-19-9-6-16-37(41)38-31-30-36(32-46(38)51)54(35-28-26-34(27-29-35)33-14-4-3-5-15-33)48-25-13-23-45-50(48)40-18-8-11-21-43(40)52(45)42-20-10-7-17-39(42)49-44(52)22-12-24-47(49)53/h3-32H,1-2H3. The van der Waals surface area contributed by atoms with Crippen LogP contribution in [0.2, 0.25) is 0 Å². The lowest BCUT2D eigenvalue weighted by atomic mass is 9.70. The molecular formula is C52H36BrN. The van der Waals surface area contributed by atoms with Crippen LogP contribution >= 0.6 is 15.9 Å². The van der Waals surface area contributed by atoms with E-state index in [9.17, 15) is 0 Å². The molecule has 256 valence electrons. The highest BCUT2D eigenvalue weighted by Crippen LogP contribution is 2.65. The van der Waals surface area contributed by atoms with Gasteiger partial charge in [0.15, 0.2) is 0 Å². The molecule has 0 saturated carbocycles. The molecule has 0 N–H and O–H groups in total. The third-order valence-corrected chi connectivity index (χ3v) is 13.0. The van der Waals surface area contributed by atoms with Gasteiger partial charge in [-0.3, -0.25) is 0 Å². The maximum absolute atomic E-state index is 3.99. The van der Waals surface area contributed by atoms with Crippen molar-refractivity contribution in [3.63, 3.8) is 0 Å². The smallest absolute Gasteiger partial charge is 0.0726 e. The van der Waals surface area contributed by atoms with Gasteiger partial charge >= 0.3 is 0 Å². The molecule has 8 aromatic carbocycles. The number of nitrogens with zero attached hydrogens (tertiary/aromatic N) is 1. The van der Waals surface area contributed by atoms with Crippen molar-refractivity contribution in [2.24, 2.45) is 0 Å². The van der Waals surface area contributed by atoms with Crippen LogP contribution in [0.4, 0.5) is 17.1 Å². The van der Waals surface area contributed by atoms with Crippen LogP contribution in [0.25, 0.3) is 44.5 Å². The molecule has 3 aliphatic rings. The number of anilines is 3. The van der Waals surface area contributed by atoms with Crippen molar-refractivity contribution in [1.29, 1.82) is 0 Å². The predicted octanol–water partition coefficient (Wildman–Crippen LogP) is 14.2.